The van der Waals surface area contributed by atoms with E-state index in [2.05, 4.69) is 22.9 Å². The van der Waals surface area contributed by atoms with E-state index in [9.17, 15) is 0 Å². The predicted octanol–water partition coefficient (Wildman–Crippen LogP) is 4.07. The molecular weight excluding hydrogens is 308 g/mol. The van der Waals surface area contributed by atoms with E-state index in [1.165, 1.54) is 12.0 Å². The van der Waals surface area contributed by atoms with Gasteiger partial charge in [0, 0.05) is 17.5 Å². The Hall–Kier alpha value is -0.580. The smallest absolute Gasteiger partial charge is 0.157 e. The fourth-order valence-electron chi connectivity index (χ4n) is 2.01. The van der Waals surface area contributed by atoms with Crippen LogP contribution in [0.15, 0.2) is 22.7 Å². The molecule has 3 nitrogen and oxygen atoms in total. The third-order valence-electron chi connectivity index (χ3n) is 3.13. The lowest BCUT2D eigenvalue weighted by molar-refractivity contribution is -0.163. The Bertz CT molecular complexity index is 389. The standard InChI is InChI=1S/C15H21BrO3/c1-12-11-13(6-7-14(12)16)17-9-4-10-19-15-5-2-3-8-18-15/h6-7,11,15H,2-5,8-10H2,1H3. The minimum Gasteiger partial charge on any atom is -0.493 e. The first-order chi connectivity index (χ1) is 9.25. The van der Waals surface area contributed by atoms with Gasteiger partial charge < -0.3 is 14.2 Å². The minimum absolute atomic E-state index is 0.00340. The Morgan fingerprint density at radius 2 is 2.21 bits per heavy atom. The summed E-state index contributed by atoms with van der Waals surface area (Å²) in [5.74, 6) is 0.912. The van der Waals surface area contributed by atoms with Gasteiger partial charge in [0.05, 0.1) is 13.2 Å². The molecule has 0 amide bonds. The first-order valence-electron chi connectivity index (χ1n) is 6.88. The topological polar surface area (TPSA) is 27.7 Å². The van der Waals surface area contributed by atoms with Gasteiger partial charge in [-0.1, -0.05) is 15.9 Å². The summed E-state index contributed by atoms with van der Waals surface area (Å²) in [6, 6.07) is 6.02. The van der Waals surface area contributed by atoms with E-state index >= 15 is 0 Å². The Labute approximate surface area is 123 Å². The van der Waals surface area contributed by atoms with Crippen molar-refractivity contribution in [3.8, 4) is 5.75 Å². The van der Waals surface area contributed by atoms with Crippen molar-refractivity contribution < 1.29 is 14.2 Å². The number of hydrogen-bond acceptors (Lipinski definition) is 3. The molecule has 0 N–H and O–H groups in total. The van der Waals surface area contributed by atoms with E-state index in [0.717, 1.165) is 36.1 Å². The highest BCUT2D eigenvalue weighted by Crippen LogP contribution is 2.21. The second kappa shape index (κ2) is 7.88. The van der Waals surface area contributed by atoms with Crippen molar-refractivity contribution in [2.24, 2.45) is 0 Å². The molecule has 1 atom stereocenters. The van der Waals surface area contributed by atoms with Gasteiger partial charge in [0.1, 0.15) is 5.75 Å². The zero-order chi connectivity index (χ0) is 13.5. The van der Waals surface area contributed by atoms with Crippen LogP contribution in [-0.4, -0.2) is 26.1 Å². The maximum Gasteiger partial charge on any atom is 0.157 e. The van der Waals surface area contributed by atoms with Crippen molar-refractivity contribution >= 4 is 15.9 Å². The molecule has 0 aliphatic carbocycles. The summed E-state index contributed by atoms with van der Waals surface area (Å²) in [6.45, 7) is 4.26. The molecule has 0 radical (unpaired) electrons. The summed E-state index contributed by atoms with van der Waals surface area (Å²) >= 11 is 3.48. The third kappa shape index (κ3) is 5.13. The molecule has 0 spiro atoms. The summed E-state index contributed by atoms with van der Waals surface area (Å²) in [5.41, 5.74) is 1.18. The maximum absolute atomic E-state index is 5.69. The van der Waals surface area contributed by atoms with Crippen LogP contribution in [0.25, 0.3) is 0 Å². The molecule has 1 aliphatic heterocycles. The highest BCUT2D eigenvalue weighted by Gasteiger charge is 2.13. The van der Waals surface area contributed by atoms with E-state index in [1.54, 1.807) is 0 Å². The fourth-order valence-corrected chi connectivity index (χ4v) is 2.26. The van der Waals surface area contributed by atoms with E-state index in [4.69, 9.17) is 14.2 Å². The van der Waals surface area contributed by atoms with Gasteiger partial charge in [-0.25, -0.2) is 0 Å². The second-order valence-corrected chi connectivity index (χ2v) is 5.63. The van der Waals surface area contributed by atoms with Gasteiger partial charge in [-0.05, 0) is 49.9 Å². The van der Waals surface area contributed by atoms with Crippen LogP contribution in [0.1, 0.15) is 31.2 Å². The summed E-state index contributed by atoms with van der Waals surface area (Å²) < 4.78 is 18.0. The Morgan fingerprint density at radius 3 is 2.95 bits per heavy atom. The van der Waals surface area contributed by atoms with Crippen LogP contribution in [0.2, 0.25) is 0 Å². The molecule has 2 rings (SSSR count). The van der Waals surface area contributed by atoms with E-state index in [-0.39, 0.29) is 6.29 Å². The Morgan fingerprint density at radius 1 is 1.32 bits per heavy atom. The van der Waals surface area contributed by atoms with Gasteiger partial charge in [0.15, 0.2) is 6.29 Å². The molecule has 1 unspecified atom stereocenters. The lowest BCUT2D eigenvalue weighted by Gasteiger charge is -2.22. The van der Waals surface area contributed by atoms with Gasteiger partial charge in [-0.3, -0.25) is 0 Å². The van der Waals surface area contributed by atoms with Gasteiger partial charge in [-0.2, -0.15) is 0 Å². The van der Waals surface area contributed by atoms with Gasteiger partial charge in [0.25, 0.3) is 0 Å². The summed E-state index contributed by atoms with van der Waals surface area (Å²) in [5, 5.41) is 0. The van der Waals surface area contributed by atoms with Gasteiger partial charge in [0.2, 0.25) is 0 Å². The first kappa shape index (κ1) is 14.8. The number of benzene rings is 1. The zero-order valence-corrected chi connectivity index (χ0v) is 12.9. The third-order valence-corrected chi connectivity index (χ3v) is 4.02. The van der Waals surface area contributed by atoms with E-state index in [0.29, 0.717) is 13.2 Å². The average molecular weight is 329 g/mol. The molecule has 0 aromatic heterocycles. The minimum atomic E-state index is 0.00340. The number of hydrogen-bond donors (Lipinski definition) is 0. The van der Waals surface area contributed by atoms with Crippen LogP contribution < -0.4 is 4.74 Å². The van der Waals surface area contributed by atoms with Crippen LogP contribution in [-0.2, 0) is 9.47 Å². The molecule has 1 aromatic rings. The normalized spacial score (nSPS) is 19.4. The molecule has 1 saturated heterocycles. The number of aryl methyl sites for hydroxylation is 1. The number of halogens is 1. The number of ether oxygens (including phenoxy) is 3. The van der Waals surface area contributed by atoms with Crippen LogP contribution in [0.3, 0.4) is 0 Å². The lowest BCUT2D eigenvalue weighted by atomic mass is 10.2. The monoisotopic (exact) mass is 328 g/mol. The van der Waals surface area contributed by atoms with Crippen LogP contribution >= 0.6 is 15.9 Å². The van der Waals surface area contributed by atoms with Crippen molar-refractivity contribution in [1.29, 1.82) is 0 Å². The maximum atomic E-state index is 5.69. The quantitative estimate of drug-likeness (QED) is 0.737. The SMILES string of the molecule is Cc1cc(OCCCOC2CCCCO2)ccc1Br. The van der Waals surface area contributed by atoms with Crippen molar-refractivity contribution in [3.63, 3.8) is 0 Å². The van der Waals surface area contributed by atoms with Gasteiger partial charge >= 0.3 is 0 Å². The van der Waals surface area contributed by atoms with Gasteiger partial charge in [-0.15, -0.1) is 0 Å². The lowest BCUT2D eigenvalue weighted by Crippen LogP contribution is -2.23. The molecule has 106 valence electrons. The fraction of sp³-hybridized carbons (Fsp3) is 0.600. The molecule has 1 aliphatic rings. The van der Waals surface area contributed by atoms with Crippen LogP contribution in [0.5, 0.6) is 5.75 Å². The molecule has 1 fully saturated rings. The van der Waals surface area contributed by atoms with Crippen LogP contribution in [0.4, 0.5) is 0 Å². The molecule has 0 saturated carbocycles. The molecule has 19 heavy (non-hydrogen) atoms. The van der Waals surface area contributed by atoms with Crippen molar-refractivity contribution in [3.05, 3.63) is 28.2 Å². The Balaban J connectivity index is 1.59. The first-order valence-corrected chi connectivity index (χ1v) is 7.67. The predicted molar refractivity (Wildman–Crippen MR) is 78.5 cm³/mol. The zero-order valence-electron chi connectivity index (χ0n) is 11.4. The Kier molecular flexibility index (Phi) is 6.14. The molecule has 4 heteroatoms. The largest absolute Gasteiger partial charge is 0.493 e. The van der Waals surface area contributed by atoms with E-state index in [1.807, 2.05) is 18.2 Å². The molecule has 0 bridgehead atoms. The summed E-state index contributed by atoms with van der Waals surface area (Å²) in [4.78, 5) is 0. The van der Waals surface area contributed by atoms with E-state index < -0.39 is 0 Å². The second-order valence-electron chi connectivity index (χ2n) is 4.78. The van der Waals surface area contributed by atoms with Crippen molar-refractivity contribution in [2.75, 3.05) is 19.8 Å². The molecule has 1 heterocycles. The highest BCUT2D eigenvalue weighted by molar-refractivity contribution is 9.10. The highest BCUT2D eigenvalue weighted by atomic mass is 79.9. The summed E-state index contributed by atoms with van der Waals surface area (Å²) in [7, 11) is 0. The summed E-state index contributed by atoms with van der Waals surface area (Å²) in [6.07, 6.45) is 4.27. The number of rotatable bonds is 6. The van der Waals surface area contributed by atoms with Crippen molar-refractivity contribution in [2.45, 2.75) is 38.9 Å². The molecule has 1 aromatic carbocycles. The van der Waals surface area contributed by atoms with Crippen molar-refractivity contribution in [1.82, 2.24) is 0 Å². The molecular formula is C15H21BrO3. The average Bonchev–Trinajstić information content (AvgIpc) is 2.43. The van der Waals surface area contributed by atoms with Crippen LogP contribution in [0, 0.1) is 6.92 Å².